The molecule has 0 spiro atoms. The largest absolute Gasteiger partial charge is 0.376 e. The molecular formula is C14H26N2O2. The molecule has 2 saturated heterocycles. The molecule has 1 N–H and O–H groups in total. The van der Waals surface area contributed by atoms with Crippen LogP contribution in [0.25, 0.3) is 0 Å². The molecule has 0 aromatic carbocycles. The van der Waals surface area contributed by atoms with Gasteiger partial charge in [-0.1, -0.05) is 0 Å². The van der Waals surface area contributed by atoms with E-state index in [4.69, 9.17) is 4.74 Å². The summed E-state index contributed by atoms with van der Waals surface area (Å²) in [6.07, 6.45) is 5.75. The summed E-state index contributed by atoms with van der Waals surface area (Å²) in [6.45, 7) is 7.44. The van der Waals surface area contributed by atoms with Crippen LogP contribution >= 0.6 is 0 Å². The number of rotatable bonds is 4. The topological polar surface area (TPSA) is 41.6 Å². The van der Waals surface area contributed by atoms with Crippen LogP contribution in [0.5, 0.6) is 0 Å². The highest BCUT2D eigenvalue weighted by molar-refractivity contribution is 5.86. The predicted molar refractivity (Wildman–Crippen MR) is 71.5 cm³/mol. The standard InChI is InChI=1S/C14H26N2O2/c1-3-16(11-12-7-6-10-18-12)13(17)14(2)8-4-5-9-15-14/h12,15H,3-11H2,1-2H3. The smallest absolute Gasteiger partial charge is 0.242 e. The molecule has 2 fully saturated rings. The SMILES string of the molecule is CCN(CC1CCCO1)C(=O)C1(C)CCCCN1. The third-order valence-corrected chi connectivity index (χ3v) is 4.21. The van der Waals surface area contributed by atoms with Crippen LogP contribution in [0.4, 0.5) is 0 Å². The van der Waals surface area contributed by atoms with Crippen LogP contribution in [0.1, 0.15) is 46.0 Å². The Kier molecular flexibility index (Phi) is 4.62. The summed E-state index contributed by atoms with van der Waals surface area (Å²) in [6, 6.07) is 0. The van der Waals surface area contributed by atoms with Crippen molar-refractivity contribution in [2.45, 2.75) is 57.6 Å². The number of carbonyl (C=O) groups is 1. The van der Waals surface area contributed by atoms with E-state index in [1.807, 2.05) is 11.8 Å². The van der Waals surface area contributed by atoms with Crippen molar-refractivity contribution in [3.63, 3.8) is 0 Å². The summed E-state index contributed by atoms with van der Waals surface area (Å²) in [5.41, 5.74) is -0.354. The summed E-state index contributed by atoms with van der Waals surface area (Å²) in [4.78, 5) is 14.6. The fourth-order valence-electron chi connectivity index (χ4n) is 2.98. The van der Waals surface area contributed by atoms with E-state index in [1.54, 1.807) is 0 Å². The van der Waals surface area contributed by atoms with E-state index in [-0.39, 0.29) is 17.6 Å². The first-order valence-electron chi connectivity index (χ1n) is 7.32. The van der Waals surface area contributed by atoms with Gasteiger partial charge < -0.3 is 15.0 Å². The highest BCUT2D eigenvalue weighted by Gasteiger charge is 2.37. The molecule has 4 nitrogen and oxygen atoms in total. The average molecular weight is 254 g/mol. The van der Waals surface area contributed by atoms with E-state index in [0.717, 1.165) is 51.9 Å². The highest BCUT2D eigenvalue weighted by Crippen LogP contribution is 2.22. The molecule has 2 atom stereocenters. The Balaban J connectivity index is 1.95. The van der Waals surface area contributed by atoms with Gasteiger partial charge in [-0.2, -0.15) is 0 Å². The Morgan fingerprint density at radius 2 is 2.28 bits per heavy atom. The van der Waals surface area contributed by atoms with Gasteiger partial charge in [0.05, 0.1) is 11.6 Å². The first-order valence-corrected chi connectivity index (χ1v) is 7.32. The lowest BCUT2D eigenvalue weighted by atomic mass is 9.89. The highest BCUT2D eigenvalue weighted by atomic mass is 16.5. The van der Waals surface area contributed by atoms with Gasteiger partial charge in [0, 0.05) is 19.7 Å². The second-order valence-electron chi connectivity index (χ2n) is 5.69. The van der Waals surface area contributed by atoms with Crippen LogP contribution in [-0.2, 0) is 9.53 Å². The van der Waals surface area contributed by atoms with Crippen LogP contribution in [0.15, 0.2) is 0 Å². The van der Waals surface area contributed by atoms with Gasteiger partial charge in [-0.3, -0.25) is 4.79 Å². The second kappa shape index (κ2) is 6.02. The second-order valence-corrected chi connectivity index (χ2v) is 5.69. The molecular weight excluding hydrogens is 228 g/mol. The molecule has 2 heterocycles. The van der Waals surface area contributed by atoms with Gasteiger partial charge in [0.15, 0.2) is 0 Å². The molecule has 2 aliphatic rings. The van der Waals surface area contributed by atoms with Crippen molar-refractivity contribution in [1.82, 2.24) is 10.2 Å². The molecule has 2 aliphatic heterocycles. The predicted octanol–water partition coefficient (Wildman–Crippen LogP) is 1.55. The molecule has 104 valence electrons. The lowest BCUT2D eigenvalue weighted by Crippen LogP contribution is -2.58. The van der Waals surface area contributed by atoms with Crippen molar-refractivity contribution < 1.29 is 9.53 Å². The van der Waals surface area contributed by atoms with Crippen LogP contribution in [0.2, 0.25) is 0 Å². The quantitative estimate of drug-likeness (QED) is 0.827. The molecule has 18 heavy (non-hydrogen) atoms. The first-order chi connectivity index (χ1) is 8.65. The minimum Gasteiger partial charge on any atom is -0.376 e. The number of nitrogens with zero attached hydrogens (tertiary/aromatic N) is 1. The van der Waals surface area contributed by atoms with E-state index >= 15 is 0 Å². The number of likely N-dealkylation sites (N-methyl/N-ethyl adjacent to an activating group) is 1. The van der Waals surface area contributed by atoms with Crippen LogP contribution in [0.3, 0.4) is 0 Å². The van der Waals surface area contributed by atoms with Crippen LogP contribution < -0.4 is 5.32 Å². The van der Waals surface area contributed by atoms with Gasteiger partial charge in [0.2, 0.25) is 5.91 Å². The Bertz CT molecular complexity index is 282. The van der Waals surface area contributed by atoms with Gasteiger partial charge in [-0.15, -0.1) is 0 Å². The first kappa shape index (κ1) is 13.8. The number of nitrogens with one attached hydrogen (secondary N) is 1. The monoisotopic (exact) mass is 254 g/mol. The van der Waals surface area contributed by atoms with Gasteiger partial charge in [0.1, 0.15) is 0 Å². The lowest BCUT2D eigenvalue weighted by Gasteiger charge is -2.38. The molecule has 2 unspecified atom stereocenters. The maximum Gasteiger partial charge on any atom is 0.242 e. The Hall–Kier alpha value is -0.610. The number of piperidine rings is 1. The van der Waals surface area contributed by atoms with Crippen molar-refractivity contribution in [2.75, 3.05) is 26.2 Å². The molecule has 0 saturated carbocycles. The van der Waals surface area contributed by atoms with E-state index in [1.165, 1.54) is 6.42 Å². The van der Waals surface area contributed by atoms with Crippen molar-refractivity contribution in [3.05, 3.63) is 0 Å². The Labute approximate surface area is 110 Å². The fraction of sp³-hybridized carbons (Fsp3) is 0.929. The van der Waals surface area contributed by atoms with E-state index in [2.05, 4.69) is 12.2 Å². The number of ether oxygens (including phenoxy) is 1. The van der Waals surface area contributed by atoms with Gasteiger partial charge >= 0.3 is 0 Å². The van der Waals surface area contributed by atoms with Crippen molar-refractivity contribution >= 4 is 5.91 Å². The van der Waals surface area contributed by atoms with E-state index in [0.29, 0.717) is 0 Å². The summed E-state index contributed by atoms with van der Waals surface area (Å²) < 4.78 is 5.64. The number of carbonyl (C=O) groups excluding carboxylic acids is 1. The van der Waals surface area contributed by atoms with E-state index in [9.17, 15) is 4.79 Å². The van der Waals surface area contributed by atoms with Crippen molar-refractivity contribution in [3.8, 4) is 0 Å². The van der Waals surface area contributed by atoms with Crippen LogP contribution in [-0.4, -0.2) is 48.7 Å². The van der Waals surface area contributed by atoms with Crippen molar-refractivity contribution in [1.29, 1.82) is 0 Å². The van der Waals surface area contributed by atoms with Gasteiger partial charge in [-0.05, 0) is 52.5 Å². The molecule has 1 amide bonds. The van der Waals surface area contributed by atoms with Gasteiger partial charge in [-0.25, -0.2) is 0 Å². The van der Waals surface area contributed by atoms with Crippen molar-refractivity contribution in [2.24, 2.45) is 0 Å². The fourth-order valence-corrected chi connectivity index (χ4v) is 2.98. The minimum absolute atomic E-state index is 0.250. The maximum absolute atomic E-state index is 12.6. The normalized spacial score (nSPS) is 32.4. The zero-order valence-electron chi connectivity index (χ0n) is 11.7. The molecule has 2 rings (SSSR count). The number of hydrogen-bond donors (Lipinski definition) is 1. The Morgan fingerprint density at radius 1 is 1.44 bits per heavy atom. The molecule has 0 aliphatic carbocycles. The molecule has 0 radical (unpaired) electrons. The third-order valence-electron chi connectivity index (χ3n) is 4.21. The number of hydrogen-bond acceptors (Lipinski definition) is 3. The average Bonchev–Trinajstić information content (AvgIpc) is 2.89. The molecule has 0 aromatic rings. The van der Waals surface area contributed by atoms with Gasteiger partial charge in [0.25, 0.3) is 0 Å². The minimum atomic E-state index is -0.354. The molecule has 0 bridgehead atoms. The summed E-state index contributed by atoms with van der Waals surface area (Å²) in [5, 5.41) is 3.40. The Morgan fingerprint density at radius 3 is 2.83 bits per heavy atom. The zero-order chi connectivity index (χ0) is 13.0. The third kappa shape index (κ3) is 3.04. The summed E-state index contributed by atoms with van der Waals surface area (Å²) >= 11 is 0. The lowest BCUT2D eigenvalue weighted by molar-refractivity contribution is -0.140. The summed E-state index contributed by atoms with van der Waals surface area (Å²) in [5.74, 6) is 0.250. The number of amides is 1. The molecule has 4 heteroatoms. The maximum atomic E-state index is 12.6. The zero-order valence-corrected chi connectivity index (χ0v) is 11.7. The molecule has 0 aromatic heterocycles. The van der Waals surface area contributed by atoms with E-state index < -0.39 is 0 Å². The van der Waals surface area contributed by atoms with Crippen LogP contribution in [0, 0.1) is 0 Å². The summed E-state index contributed by atoms with van der Waals surface area (Å²) in [7, 11) is 0.